The first-order valence-electron chi connectivity index (χ1n) is 6.84. The smallest absolute Gasteiger partial charge is 0.253 e. The molecule has 4 heteroatoms. The Hall–Kier alpha value is -1.71. The molecule has 19 heavy (non-hydrogen) atoms. The van der Waals surface area contributed by atoms with Crippen LogP contribution in [0.3, 0.4) is 0 Å². The highest BCUT2D eigenvalue weighted by molar-refractivity contribution is 5.95. The molecular formula is C15H22N2O2. The zero-order valence-corrected chi connectivity index (χ0v) is 11.7. The van der Waals surface area contributed by atoms with Crippen LogP contribution in [0.1, 0.15) is 36.5 Å². The third kappa shape index (κ3) is 3.19. The fourth-order valence-corrected chi connectivity index (χ4v) is 2.49. The number of carbonyl (C=O) groups excluding carboxylic acids is 1. The highest BCUT2D eigenvalue weighted by Gasteiger charge is 2.20. The van der Waals surface area contributed by atoms with Gasteiger partial charge in [0.05, 0.1) is 12.8 Å². The van der Waals surface area contributed by atoms with Gasteiger partial charge < -0.3 is 15.4 Å². The van der Waals surface area contributed by atoms with Gasteiger partial charge in [-0.1, -0.05) is 6.92 Å². The van der Waals surface area contributed by atoms with Gasteiger partial charge in [0.2, 0.25) is 0 Å². The number of likely N-dealkylation sites (tertiary alicyclic amines) is 1. The predicted octanol–water partition coefficient (Wildman–Crippen LogP) is 2.54. The first kappa shape index (κ1) is 13.7. The number of ether oxygens (including phenoxy) is 1. The van der Waals surface area contributed by atoms with Gasteiger partial charge in [-0.25, -0.2) is 0 Å². The Morgan fingerprint density at radius 1 is 1.37 bits per heavy atom. The van der Waals surface area contributed by atoms with Crippen LogP contribution in [-0.4, -0.2) is 31.0 Å². The van der Waals surface area contributed by atoms with E-state index in [0.717, 1.165) is 25.9 Å². The third-order valence-corrected chi connectivity index (χ3v) is 3.78. The first-order chi connectivity index (χ1) is 9.11. The topological polar surface area (TPSA) is 55.6 Å². The Bertz CT molecular complexity index is 459. The predicted molar refractivity (Wildman–Crippen MR) is 76.3 cm³/mol. The summed E-state index contributed by atoms with van der Waals surface area (Å²) in [4.78, 5) is 14.4. The highest BCUT2D eigenvalue weighted by Crippen LogP contribution is 2.24. The highest BCUT2D eigenvalue weighted by atomic mass is 16.5. The summed E-state index contributed by atoms with van der Waals surface area (Å²) in [7, 11) is 1.56. The number of carbonyl (C=O) groups is 1. The first-order valence-corrected chi connectivity index (χ1v) is 6.84. The number of hydrogen-bond donors (Lipinski definition) is 1. The fourth-order valence-electron chi connectivity index (χ4n) is 2.49. The standard InChI is InChI=1S/C15H22N2O2/c1-11-4-3-8-17(9-7-11)15(18)12-5-6-13(16)14(10-12)19-2/h5-6,10-11H,3-4,7-9,16H2,1-2H3. The van der Waals surface area contributed by atoms with E-state index >= 15 is 0 Å². The number of methoxy groups -OCH3 is 1. The third-order valence-electron chi connectivity index (χ3n) is 3.78. The van der Waals surface area contributed by atoms with Gasteiger partial charge >= 0.3 is 0 Å². The Kier molecular flexibility index (Phi) is 4.30. The van der Waals surface area contributed by atoms with E-state index in [1.54, 1.807) is 25.3 Å². The monoisotopic (exact) mass is 262 g/mol. The van der Waals surface area contributed by atoms with E-state index in [1.807, 2.05) is 4.90 Å². The van der Waals surface area contributed by atoms with Crippen LogP contribution in [0.5, 0.6) is 5.75 Å². The van der Waals surface area contributed by atoms with Crippen molar-refractivity contribution in [3.63, 3.8) is 0 Å². The second-order valence-corrected chi connectivity index (χ2v) is 5.29. The van der Waals surface area contributed by atoms with E-state index in [2.05, 4.69) is 6.92 Å². The molecule has 1 aromatic rings. The van der Waals surface area contributed by atoms with Crippen molar-refractivity contribution in [2.24, 2.45) is 5.92 Å². The summed E-state index contributed by atoms with van der Waals surface area (Å²) in [5.74, 6) is 1.35. The molecule has 1 amide bonds. The molecule has 0 saturated carbocycles. The quantitative estimate of drug-likeness (QED) is 0.833. The van der Waals surface area contributed by atoms with Crippen LogP contribution < -0.4 is 10.5 Å². The lowest BCUT2D eigenvalue weighted by atomic mass is 10.0. The van der Waals surface area contributed by atoms with E-state index in [0.29, 0.717) is 22.9 Å². The molecule has 1 aliphatic rings. The van der Waals surface area contributed by atoms with Gasteiger partial charge in [-0.2, -0.15) is 0 Å². The lowest BCUT2D eigenvalue weighted by Crippen LogP contribution is -2.32. The Labute approximate surface area is 114 Å². The molecular weight excluding hydrogens is 240 g/mol. The second-order valence-electron chi connectivity index (χ2n) is 5.29. The molecule has 104 valence electrons. The summed E-state index contributed by atoms with van der Waals surface area (Å²) >= 11 is 0. The van der Waals surface area contributed by atoms with Crippen LogP contribution >= 0.6 is 0 Å². The van der Waals surface area contributed by atoms with Gasteiger partial charge in [0, 0.05) is 18.7 Å². The number of nitrogen functional groups attached to an aromatic ring is 1. The van der Waals surface area contributed by atoms with Crippen molar-refractivity contribution in [3.8, 4) is 5.75 Å². The molecule has 0 bridgehead atoms. The SMILES string of the molecule is COc1cc(C(=O)N2CCCC(C)CC2)ccc1N. The summed E-state index contributed by atoms with van der Waals surface area (Å²) in [5, 5.41) is 0. The van der Waals surface area contributed by atoms with Gasteiger partial charge in [0.25, 0.3) is 5.91 Å². The van der Waals surface area contributed by atoms with Gasteiger partial charge in [0.1, 0.15) is 5.75 Å². The summed E-state index contributed by atoms with van der Waals surface area (Å²) in [6, 6.07) is 5.23. The van der Waals surface area contributed by atoms with E-state index in [-0.39, 0.29) is 5.91 Å². The molecule has 2 rings (SSSR count). The normalized spacial score (nSPS) is 19.9. The number of nitrogens with two attached hydrogens (primary N) is 1. The van der Waals surface area contributed by atoms with E-state index in [9.17, 15) is 4.79 Å². The molecule has 4 nitrogen and oxygen atoms in total. The number of nitrogens with zero attached hydrogens (tertiary/aromatic N) is 1. The summed E-state index contributed by atoms with van der Waals surface area (Å²) < 4.78 is 5.17. The van der Waals surface area contributed by atoms with Gasteiger partial charge in [0.15, 0.2) is 0 Å². The Balaban J connectivity index is 2.14. The fraction of sp³-hybridized carbons (Fsp3) is 0.533. The Morgan fingerprint density at radius 3 is 2.89 bits per heavy atom. The largest absolute Gasteiger partial charge is 0.495 e. The molecule has 1 unspecified atom stereocenters. The maximum absolute atomic E-state index is 12.5. The lowest BCUT2D eigenvalue weighted by Gasteiger charge is -2.21. The minimum Gasteiger partial charge on any atom is -0.495 e. The number of anilines is 1. The van der Waals surface area contributed by atoms with Crippen LogP contribution in [0.15, 0.2) is 18.2 Å². The molecule has 1 fully saturated rings. The average Bonchev–Trinajstić information content (AvgIpc) is 2.63. The van der Waals surface area contributed by atoms with Crippen molar-refractivity contribution in [3.05, 3.63) is 23.8 Å². The van der Waals surface area contributed by atoms with Crippen molar-refractivity contribution in [2.45, 2.75) is 26.2 Å². The molecule has 1 aromatic carbocycles. The molecule has 1 heterocycles. The van der Waals surface area contributed by atoms with E-state index in [4.69, 9.17) is 10.5 Å². The average molecular weight is 262 g/mol. The van der Waals surface area contributed by atoms with Gasteiger partial charge in [-0.05, 0) is 43.4 Å². The van der Waals surface area contributed by atoms with Crippen molar-refractivity contribution < 1.29 is 9.53 Å². The van der Waals surface area contributed by atoms with Crippen LogP contribution in [0.4, 0.5) is 5.69 Å². The van der Waals surface area contributed by atoms with Crippen LogP contribution in [0.25, 0.3) is 0 Å². The molecule has 0 aromatic heterocycles. The van der Waals surface area contributed by atoms with Gasteiger partial charge in [-0.3, -0.25) is 4.79 Å². The van der Waals surface area contributed by atoms with Crippen LogP contribution in [-0.2, 0) is 0 Å². The molecule has 1 atom stereocenters. The molecule has 0 aliphatic carbocycles. The maximum Gasteiger partial charge on any atom is 0.253 e. The van der Waals surface area contributed by atoms with Crippen molar-refractivity contribution >= 4 is 11.6 Å². The van der Waals surface area contributed by atoms with Crippen molar-refractivity contribution in [1.82, 2.24) is 4.90 Å². The zero-order chi connectivity index (χ0) is 13.8. The minimum absolute atomic E-state index is 0.0763. The second kappa shape index (κ2) is 5.95. The number of rotatable bonds is 2. The van der Waals surface area contributed by atoms with Crippen molar-refractivity contribution in [1.29, 1.82) is 0 Å². The van der Waals surface area contributed by atoms with E-state index < -0.39 is 0 Å². The molecule has 0 radical (unpaired) electrons. The summed E-state index contributed by atoms with van der Waals surface area (Å²) in [6.07, 6.45) is 3.37. The lowest BCUT2D eigenvalue weighted by molar-refractivity contribution is 0.0760. The number of hydrogen-bond acceptors (Lipinski definition) is 3. The molecule has 1 aliphatic heterocycles. The molecule has 2 N–H and O–H groups in total. The molecule has 1 saturated heterocycles. The van der Waals surface area contributed by atoms with Crippen LogP contribution in [0, 0.1) is 5.92 Å². The minimum atomic E-state index is 0.0763. The number of benzene rings is 1. The zero-order valence-electron chi connectivity index (χ0n) is 11.7. The van der Waals surface area contributed by atoms with Crippen molar-refractivity contribution in [2.75, 3.05) is 25.9 Å². The summed E-state index contributed by atoms with van der Waals surface area (Å²) in [5.41, 5.74) is 6.98. The Morgan fingerprint density at radius 2 is 2.16 bits per heavy atom. The summed E-state index contributed by atoms with van der Waals surface area (Å²) in [6.45, 7) is 3.93. The molecule has 0 spiro atoms. The van der Waals surface area contributed by atoms with Crippen LogP contribution in [0.2, 0.25) is 0 Å². The van der Waals surface area contributed by atoms with E-state index in [1.165, 1.54) is 6.42 Å². The number of amides is 1. The maximum atomic E-state index is 12.5. The van der Waals surface area contributed by atoms with Gasteiger partial charge in [-0.15, -0.1) is 0 Å².